The third-order valence-electron chi connectivity index (χ3n) is 4.30. The largest absolute Gasteiger partial charge is 0.496 e. The van der Waals surface area contributed by atoms with Gasteiger partial charge in [-0.1, -0.05) is 13.8 Å². The summed E-state index contributed by atoms with van der Waals surface area (Å²) in [6.07, 6.45) is 2.93. The van der Waals surface area contributed by atoms with Gasteiger partial charge in [-0.05, 0) is 58.6 Å². The molecule has 1 aliphatic rings. The molecule has 1 aromatic rings. The highest BCUT2D eigenvalue weighted by atomic mass is 16.7. The molecule has 1 saturated heterocycles. The molecule has 0 radical (unpaired) electrons. The molecule has 0 saturated carbocycles. The zero-order valence-electron chi connectivity index (χ0n) is 13.8. The van der Waals surface area contributed by atoms with E-state index < -0.39 is 0 Å². The highest BCUT2D eigenvalue weighted by molar-refractivity contribution is 6.62. The molecule has 20 heavy (non-hydrogen) atoms. The Balaban J connectivity index is 2.34. The number of rotatable bonds is 3. The van der Waals surface area contributed by atoms with E-state index in [-0.39, 0.29) is 18.3 Å². The summed E-state index contributed by atoms with van der Waals surface area (Å²) in [6, 6.07) is 2.15. The molecular formula is C16H26BNO2. The molecule has 0 N–H and O–H groups in total. The topological polar surface area (TPSA) is 31.4 Å². The van der Waals surface area contributed by atoms with Crippen molar-refractivity contribution in [3.63, 3.8) is 0 Å². The van der Waals surface area contributed by atoms with Crippen molar-refractivity contribution in [3.05, 3.63) is 23.5 Å². The van der Waals surface area contributed by atoms with Crippen molar-refractivity contribution >= 4 is 12.6 Å². The molecule has 4 heteroatoms. The van der Waals surface area contributed by atoms with Gasteiger partial charge < -0.3 is 9.31 Å². The Morgan fingerprint density at radius 3 is 2.20 bits per heavy atom. The van der Waals surface area contributed by atoms with E-state index >= 15 is 0 Å². The van der Waals surface area contributed by atoms with Crippen LogP contribution in [0, 0.1) is 12.8 Å². The van der Waals surface area contributed by atoms with Gasteiger partial charge in [-0.2, -0.15) is 0 Å². The predicted octanol–water partition coefficient (Wildman–Crippen LogP) is 2.89. The molecule has 110 valence electrons. The lowest BCUT2D eigenvalue weighted by molar-refractivity contribution is 0.00578. The molecule has 0 unspecified atom stereocenters. The number of pyridine rings is 1. The molecule has 0 atom stereocenters. The summed E-state index contributed by atoms with van der Waals surface area (Å²) < 4.78 is 12.3. The molecule has 2 heterocycles. The highest BCUT2D eigenvalue weighted by Gasteiger charge is 2.52. The standard InChI is InChI=1S/C16H26BNO2/c1-11(2)8-13-9-12(3)18-10-14(13)17-19-15(4,5)16(6,7)20-17/h9-11H,8H2,1-7H3. The maximum Gasteiger partial charge on any atom is 0.496 e. The Morgan fingerprint density at radius 1 is 1.15 bits per heavy atom. The van der Waals surface area contributed by atoms with Gasteiger partial charge in [-0.15, -0.1) is 0 Å². The fourth-order valence-electron chi connectivity index (χ4n) is 2.43. The van der Waals surface area contributed by atoms with Crippen LogP contribution in [0.3, 0.4) is 0 Å². The van der Waals surface area contributed by atoms with Crippen molar-refractivity contribution in [2.75, 3.05) is 0 Å². The SMILES string of the molecule is Cc1cc(CC(C)C)c(B2OC(C)(C)C(C)(C)O2)cn1. The minimum absolute atomic E-state index is 0.308. The first-order chi connectivity index (χ1) is 9.12. The number of nitrogens with zero attached hydrogens (tertiary/aromatic N) is 1. The van der Waals surface area contributed by atoms with Crippen molar-refractivity contribution in [1.82, 2.24) is 4.98 Å². The molecule has 0 spiro atoms. The molecule has 1 aromatic heterocycles. The van der Waals surface area contributed by atoms with Crippen molar-refractivity contribution in [2.45, 2.75) is 66.1 Å². The number of hydrogen-bond donors (Lipinski definition) is 0. The molecule has 0 amide bonds. The summed E-state index contributed by atoms with van der Waals surface area (Å²) in [5.74, 6) is 0.595. The predicted molar refractivity (Wildman–Crippen MR) is 83.2 cm³/mol. The van der Waals surface area contributed by atoms with Crippen molar-refractivity contribution < 1.29 is 9.31 Å². The second kappa shape index (κ2) is 5.16. The van der Waals surface area contributed by atoms with Crippen LogP contribution in [0.2, 0.25) is 0 Å². The van der Waals surface area contributed by atoms with Crippen LogP contribution in [0.4, 0.5) is 0 Å². The first-order valence-corrected chi connectivity index (χ1v) is 7.43. The zero-order chi connectivity index (χ0) is 15.1. The average Bonchev–Trinajstić information content (AvgIpc) is 2.46. The lowest BCUT2D eigenvalue weighted by atomic mass is 9.75. The molecule has 0 aromatic carbocycles. The molecule has 2 rings (SSSR count). The molecular weight excluding hydrogens is 249 g/mol. The van der Waals surface area contributed by atoms with Crippen LogP contribution in [-0.4, -0.2) is 23.3 Å². The van der Waals surface area contributed by atoms with Gasteiger partial charge in [0.05, 0.1) is 11.2 Å². The third-order valence-corrected chi connectivity index (χ3v) is 4.30. The maximum absolute atomic E-state index is 6.15. The summed E-state index contributed by atoms with van der Waals surface area (Å²) in [5, 5.41) is 0. The van der Waals surface area contributed by atoms with Crippen LogP contribution in [0.1, 0.15) is 52.8 Å². The van der Waals surface area contributed by atoms with Crippen LogP contribution < -0.4 is 5.46 Å². The van der Waals surface area contributed by atoms with Gasteiger partial charge in [0.1, 0.15) is 0 Å². The van der Waals surface area contributed by atoms with Gasteiger partial charge >= 0.3 is 7.12 Å². The Bertz CT molecular complexity index is 481. The van der Waals surface area contributed by atoms with E-state index in [4.69, 9.17) is 9.31 Å². The fourth-order valence-corrected chi connectivity index (χ4v) is 2.43. The summed E-state index contributed by atoms with van der Waals surface area (Å²) in [7, 11) is -0.318. The third kappa shape index (κ3) is 2.91. The van der Waals surface area contributed by atoms with E-state index in [2.05, 4.69) is 52.6 Å². The molecule has 1 aliphatic heterocycles. The summed E-state index contributed by atoms with van der Waals surface area (Å²) in [6.45, 7) is 14.8. The van der Waals surface area contributed by atoms with Gasteiger partial charge in [0, 0.05) is 17.4 Å². The van der Waals surface area contributed by atoms with Gasteiger partial charge in [-0.3, -0.25) is 4.98 Å². The smallest absolute Gasteiger partial charge is 0.399 e. The normalized spacial score (nSPS) is 20.7. The van der Waals surface area contributed by atoms with Crippen LogP contribution in [0.15, 0.2) is 12.3 Å². The summed E-state index contributed by atoms with van der Waals surface area (Å²) in [4.78, 5) is 4.43. The maximum atomic E-state index is 6.15. The number of aryl methyl sites for hydroxylation is 1. The average molecular weight is 275 g/mol. The first-order valence-electron chi connectivity index (χ1n) is 7.43. The zero-order valence-corrected chi connectivity index (χ0v) is 13.8. The fraction of sp³-hybridized carbons (Fsp3) is 0.688. The Labute approximate surface area is 123 Å². The van der Waals surface area contributed by atoms with E-state index in [1.807, 2.05) is 13.1 Å². The van der Waals surface area contributed by atoms with Crippen LogP contribution >= 0.6 is 0 Å². The Morgan fingerprint density at radius 2 is 1.70 bits per heavy atom. The van der Waals surface area contributed by atoms with Crippen LogP contribution in [-0.2, 0) is 15.7 Å². The second-order valence-electron chi connectivity index (χ2n) is 7.21. The van der Waals surface area contributed by atoms with Crippen LogP contribution in [0.25, 0.3) is 0 Å². The monoisotopic (exact) mass is 275 g/mol. The quantitative estimate of drug-likeness (QED) is 0.795. The first kappa shape index (κ1) is 15.5. The van der Waals surface area contributed by atoms with E-state index in [1.54, 1.807) is 0 Å². The Hall–Kier alpha value is -0.865. The minimum Gasteiger partial charge on any atom is -0.399 e. The van der Waals surface area contributed by atoms with Crippen molar-refractivity contribution in [1.29, 1.82) is 0 Å². The van der Waals surface area contributed by atoms with Gasteiger partial charge in [-0.25, -0.2) is 0 Å². The number of hydrogen-bond acceptors (Lipinski definition) is 3. The van der Waals surface area contributed by atoms with Crippen LogP contribution in [0.5, 0.6) is 0 Å². The Kier molecular flexibility index (Phi) is 4.00. The lowest BCUT2D eigenvalue weighted by Gasteiger charge is -2.32. The molecule has 1 fully saturated rings. The van der Waals surface area contributed by atoms with E-state index in [0.717, 1.165) is 17.6 Å². The summed E-state index contributed by atoms with van der Waals surface area (Å²) >= 11 is 0. The van der Waals surface area contributed by atoms with E-state index in [9.17, 15) is 0 Å². The number of aromatic nitrogens is 1. The molecule has 0 bridgehead atoms. The van der Waals surface area contributed by atoms with Gasteiger partial charge in [0.25, 0.3) is 0 Å². The molecule has 0 aliphatic carbocycles. The van der Waals surface area contributed by atoms with Gasteiger partial charge in [0.2, 0.25) is 0 Å². The highest BCUT2D eigenvalue weighted by Crippen LogP contribution is 2.36. The lowest BCUT2D eigenvalue weighted by Crippen LogP contribution is -2.41. The van der Waals surface area contributed by atoms with Gasteiger partial charge in [0.15, 0.2) is 0 Å². The van der Waals surface area contributed by atoms with Crippen molar-refractivity contribution in [2.24, 2.45) is 5.92 Å². The van der Waals surface area contributed by atoms with E-state index in [1.165, 1.54) is 5.56 Å². The van der Waals surface area contributed by atoms with Crippen molar-refractivity contribution in [3.8, 4) is 0 Å². The molecule has 3 nitrogen and oxygen atoms in total. The second-order valence-corrected chi connectivity index (χ2v) is 7.21. The minimum atomic E-state index is -0.318. The summed E-state index contributed by atoms with van der Waals surface area (Å²) in [5.41, 5.74) is 2.78. The van der Waals surface area contributed by atoms with E-state index in [0.29, 0.717) is 5.92 Å².